The number of piperidine rings is 1. The van der Waals surface area contributed by atoms with E-state index in [1.54, 1.807) is 0 Å². The molecule has 0 aromatic heterocycles. The molecule has 0 radical (unpaired) electrons. The van der Waals surface area contributed by atoms with E-state index in [1.807, 2.05) is 18.2 Å². The third-order valence-electron chi connectivity index (χ3n) is 3.64. The van der Waals surface area contributed by atoms with Crippen LogP contribution in [0.5, 0.6) is 0 Å². The molecule has 1 heteroatoms. The second kappa shape index (κ2) is 5.89. The van der Waals surface area contributed by atoms with Crippen LogP contribution in [-0.2, 0) is 0 Å². The first-order valence-corrected chi connectivity index (χ1v) is 6.57. The fourth-order valence-corrected chi connectivity index (χ4v) is 2.54. The lowest BCUT2D eigenvalue weighted by Gasteiger charge is -2.37. The van der Waals surface area contributed by atoms with E-state index >= 15 is 0 Å². The summed E-state index contributed by atoms with van der Waals surface area (Å²) in [5.41, 5.74) is 1.12. The number of hydrogen-bond acceptors (Lipinski definition) is 1. The lowest BCUT2D eigenvalue weighted by Crippen LogP contribution is -2.43. The number of nitrogens with zero attached hydrogens (tertiary/aromatic N) is 1. The van der Waals surface area contributed by atoms with Gasteiger partial charge in [0.25, 0.3) is 0 Å². The van der Waals surface area contributed by atoms with Crippen LogP contribution in [0.3, 0.4) is 0 Å². The van der Waals surface area contributed by atoms with Crippen LogP contribution in [0.1, 0.15) is 38.7 Å². The van der Waals surface area contributed by atoms with Crippen LogP contribution in [0.15, 0.2) is 30.3 Å². The van der Waals surface area contributed by atoms with Gasteiger partial charge in [-0.15, -0.1) is 0 Å². The first-order valence-electron chi connectivity index (χ1n) is 6.57. The van der Waals surface area contributed by atoms with Crippen molar-refractivity contribution in [3.8, 4) is 11.8 Å². The van der Waals surface area contributed by atoms with E-state index < -0.39 is 0 Å². The average Bonchev–Trinajstić information content (AvgIpc) is 2.34. The van der Waals surface area contributed by atoms with Gasteiger partial charge in [-0.25, -0.2) is 0 Å². The third kappa shape index (κ3) is 3.35. The molecular weight excluding hydrogens is 206 g/mol. The molecule has 1 aromatic rings. The van der Waals surface area contributed by atoms with E-state index in [0.717, 1.165) is 12.1 Å². The van der Waals surface area contributed by atoms with Crippen LogP contribution in [0, 0.1) is 11.8 Å². The second-order valence-electron chi connectivity index (χ2n) is 4.97. The molecule has 0 aliphatic carbocycles. The number of hydrogen-bond donors (Lipinski definition) is 0. The Balaban J connectivity index is 1.95. The zero-order chi connectivity index (χ0) is 12.1. The van der Waals surface area contributed by atoms with E-state index in [1.165, 1.54) is 19.3 Å². The highest BCUT2D eigenvalue weighted by Crippen LogP contribution is 2.21. The Bertz CT molecular complexity index is 389. The molecular formula is C16H21N. The van der Waals surface area contributed by atoms with Crippen molar-refractivity contribution in [1.29, 1.82) is 0 Å². The molecule has 0 bridgehead atoms. The van der Waals surface area contributed by atoms with Gasteiger partial charge in [0, 0.05) is 17.6 Å². The zero-order valence-corrected chi connectivity index (χ0v) is 10.8. The minimum atomic E-state index is 0.684. The summed E-state index contributed by atoms with van der Waals surface area (Å²) >= 11 is 0. The van der Waals surface area contributed by atoms with Gasteiger partial charge in [-0.3, -0.25) is 4.90 Å². The highest BCUT2D eigenvalue weighted by Gasteiger charge is 2.23. The Morgan fingerprint density at radius 2 is 1.76 bits per heavy atom. The summed E-state index contributed by atoms with van der Waals surface area (Å²) in [6, 6.07) is 11.6. The Kier molecular flexibility index (Phi) is 4.23. The summed E-state index contributed by atoms with van der Waals surface area (Å²) in [5, 5.41) is 0. The Labute approximate surface area is 105 Å². The highest BCUT2D eigenvalue weighted by molar-refractivity contribution is 5.33. The van der Waals surface area contributed by atoms with Gasteiger partial charge in [-0.2, -0.15) is 0 Å². The van der Waals surface area contributed by atoms with Gasteiger partial charge < -0.3 is 0 Å². The molecule has 90 valence electrons. The van der Waals surface area contributed by atoms with Crippen LogP contribution >= 0.6 is 0 Å². The molecule has 1 saturated heterocycles. The smallest absolute Gasteiger partial charge is 0.0610 e. The Morgan fingerprint density at radius 1 is 1.12 bits per heavy atom. The topological polar surface area (TPSA) is 3.24 Å². The first-order chi connectivity index (χ1) is 8.27. The first kappa shape index (κ1) is 12.2. The van der Waals surface area contributed by atoms with Crippen LogP contribution in [0.2, 0.25) is 0 Å². The zero-order valence-electron chi connectivity index (χ0n) is 10.8. The van der Waals surface area contributed by atoms with Crippen LogP contribution in [0.25, 0.3) is 0 Å². The van der Waals surface area contributed by atoms with Gasteiger partial charge in [0.1, 0.15) is 0 Å². The van der Waals surface area contributed by atoms with Crippen molar-refractivity contribution in [2.75, 3.05) is 6.54 Å². The van der Waals surface area contributed by atoms with E-state index in [9.17, 15) is 0 Å². The summed E-state index contributed by atoms with van der Waals surface area (Å²) in [4.78, 5) is 2.53. The maximum absolute atomic E-state index is 3.31. The average molecular weight is 227 g/mol. The number of likely N-dealkylation sites (tertiary alicyclic amines) is 1. The number of rotatable bonds is 1. The van der Waals surface area contributed by atoms with Crippen LogP contribution < -0.4 is 0 Å². The van der Waals surface area contributed by atoms with E-state index in [4.69, 9.17) is 0 Å². The van der Waals surface area contributed by atoms with Crippen molar-refractivity contribution in [3.63, 3.8) is 0 Å². The van der Waals surface area contributed by atoms with Crippen molar-refractivity contribution in [3.05, 3.63) is 35.9 Å². The van der Waals surface area contributed by atoms with Crippen LogP contribution in [-0.4, -0.2) is 23.5 Å². The molecule has 1 heterocycles. The summed E-state index contributed by atoms with van der Waals surface area (Å²) in [6.07, 6.45) is 4.00. The van der Waals surface area contributed by atoms with Gasteiger partial charge in [0.05, 0.1) is 6.54 Å². The fourth-order valence-electron chi connectivity index (χ4n) is 2.54. The molecule has 0 unspecified atom stereocenters. The van der Waals surface area contributed by atoms with E-state index in [-0.39, 0.29) is 0 Å². The molecule has 0 saturated carbocycles. The van der Waals surface area contributed by atoms with Crippen molar-refractivity contribution in [2.45, 2.75) is 45.2 Å². The fraction of sp³-hybridized carbons (Fsp3) is 0.500. The van der Waals surface area contributed by atoms with Crippen molar-refractivity contribution >= 4 is 0 Å². The molecule has 0 amide bonds. The van der Waals surface area contributed by atoms with E-state index in [2.05, 4.69) is 42.7 Å². The van der Waals surface area contributed by atoms with Crippen molar-refractivity contribution in [2.24, 2.45) is 0 Å². The molecule has 17 heavy (non-hydrogen) atoms. The lowest BCUT2D eigenvalue weighted by atomic mass is 9.98. The summed E-state index contributed by atoms with van der Waals surface area (Å²) in [7, 11) is 0. The molecule has 1 aromatic carbocycles. The SMILES string of the molecule is C[C@@H]1CCC[C@H](C)N1CC#Cc1ccccc1. The highest BCUT2D eigenvalue weighted by atomic mass is 15.2. The molecule has 1 aliphatic heterocycles. The maximum atomic E-state index is 3.31. The standard InChI is InChI=1S/C16H21N/c1-14-8-6-9-15(2)17(14)13-7-12-16-10-4-3-5-11-16/h3-5,10-11,14-15H,6,8-9,13H2,1-2H3/t14-,15+. The van der Waals surface area contributed by atoms with Gasteiger partial charge in [-0.1, -0.05) is 36.5 Å². The van der Waals surface area contributed by atoms with Crippen LogP contribution in [0.4, 0.5) is 0 Å². The minimum absolute atomic E-state index is 0.684. The number of benzene rings is 1. The lowest BCUT2D eigenvalue weighted by molar-refractivity contribution is 0.121. The Hall–Kier alpha value is -1.26. The quantitative estimate of drug-likeness (QED) is 0.665. The Morgan fingerprint density at radius 3 is 2.41 bits per heavy atom. The van der Waals surface area contributed by atoms with Gasteiger partial charge in [0.15, 0.2) is 0 Å². The minimum Gasteiger partial charge on any atom is -0.287 e. The predicted molar refractivity (Wildman–Crippen MR) is 72.8 cm³/mol. The summed E-state index contributed by atoms with van der Waals surface area (Å²) in [6.45, 7) is 5.54. The normalized spacial score (nSPS) is 25.1. The maximum Gasteiger partial charge on any atom is 0.0610 e. The molecule has 1 nitrogen and oxygen atoms in total. The molecule has 0 N–H and O–H groups in total. The molecule has 2 atom stereocenters. The molecule has 1 fully saturated rings. The van der Waals surface area contributed by atoms with Crippen molar-refractivity contribution in [1.82, 2.24) is 4.90 Å². The van der Waals surface area contributed by atoms with Crippen molar-refractivity contribution < 1.29 is 0 Å². The predicted octanol–water partition coefficient (Wildman–Crippen LogP) is 3.30. The molecule has 1 aliphatic rings. The van der Waals surface area contributed by atoms with Gasteiger partial charge >= 0.3 is 0 Å². The van der Waals surface area contributed by atoms with Gasteiger partial charge in [0.2, 0.25) is 0 Å². The molecule has 0 spiro atoms. The molecule has 2 rings (SSSR count). The second-order valence-corrected chi connectivity index (χ2v) is 4.97. The third-order valence-corrected chi connectivity index (χ3v) is 3.64. The summed E-state index contributed by atoms with van der Waals surface area (Å²) < 4.78 is 0. The largest absolute Gasteiger partial charge is 0.287 e. The van der Waals surface area contributed by atoms with E-state index in [0.29, 0.717) is 12.1 Å². The van der Waals surface area contributed by atoms with Gasteiger partial charge in [-0.05, 0) is 38.8 Å². The summed E-state index contributed by atoms with van der Waals surface area (Å²) in [5.74, 6) is 6.55. The monoisotopic (exact) mass is 227 g/mol.